The second kappa shape index (κ2) is 7.59. The summed E-state index contributed by atoms with van der Waals surface area (Å²) in [6.45, 7) is 4.67. The summed E-state index contributed by atoms with van der Waals surface area (Å²) in [5, 5.41) is 0. The van der Waals surface area contributed by atoms with Crippen molar-refractivity contribution >= 4 is 17.5 Å². The number of Topliss-reactive ketones (excluding diaryl/α,β-unsaturated/α-hetero) is 1. The fraction of sp³-hybridized carbons (Fsp3) is 0.533. The first-order chi connectivity index (χ1) is 8.60. The van der Waals surface area contributed by atoms with Gasteiger partial charge in [0.15, 0.2) is 5.78 Å². The van der Waals surface area contributed by atoms with Gasteiger partial charge in [0.05, 0.1) is 6.54 Å². The Bertz CT molecular complexity index is 392. The van der Waals surface area contributed by atoms with Gasteiger partial charge in [0, 0.05) is 17.4 Å². The van der Waals surface area contributed by atoms with Gasteiger partial charge in [0.1, 0.15) is 0 Å². The van der Waals surface area contributed by atoms with Crippen LogP contribution in [0.5, 0.6) is 0 Å². The van der Waals surface area contributed by atoms with E-state index in [0.717, 1.165) is 23.3 Å². The number of hydrogen-bond acceptors (Lipinski definition) is 3. The van der Waals surface area contributed by atoms with Crippen LogP contribution in [0, 0.1) is 6.92 Å². The van der Waals surface area contributed by atoms with Crippen LogP contribution in [-0.4, -0.2) is 42.3 Å². The number of hydrogen-bond donors (Lipinski definition) is 0. The molecule has 0 aliphatic carbocycles. The summed E-state index contributed by atoms with van der Waals surface area (Å²) in [6.07, 6.45) is 3.19. The van der Waals surface area contributed by atoms with Crippen molar-refractivity contribution in [3.63, 3.8) is 0 Å². The lowest BCUT2D eigenvalue weighted by molar-refractivity contribution is 0.0924. The maximum atomic E-state index is 12.3. The molecule has 3 heteroatoms. The molecule has 1 atom stereocenters. The molecule has 1 aromatic carbocycles. The molecule has 18 heavy (non-hydrogen) atoms. The van der Waals surface area contributed by atoms with Gasteiger partial charge in [-0.25, -0.2) is 0 Å². The molecule has 0 bridgehead atoms. The molecule has 0 heterocycles. The van der Waals surface area contributed by atoms with Crippen molar-refractivity contribution in [1.82, 2.24) is 4.90 Å². The Labute approximate surface area is 115 Å². The minimum absolute atomic E-state index is 0.218. The van der Waals surface area contributed by atoms with Crippen LogP contribution in [0.25, 0.3) is 0 Å². The van der Waals surface area contributed by atoms with Crippen LogP contribution in [-0.2, 0) is 0 Å². The molecule has 0 amide bonds. The highest BCUT2D eigenvalue weighted by Crippen LogP contribution is 2.12. The summed E-state index contributed by atoms with van der Waals surface area (Å²) in [6, 6.07) is 8.29. The standard InChI is InChI=1S/C15H23NOS/c1-5-13(11-18-4)16(3)10-15(17)14-9-7-6-8-12(14)2/h6-9,13H,5,10-11H2,1-4H3. The number of nitrogens with zero attached hydrogens (tertiary/aromatic N) is 1. The van der Waals surface area contributed by atoms with Gasteiger partial charge in [-0.2, -0.15) is 11.8 Å². The molecular formula is C15H23NOS. The van der Waals surface area contributed by atoms with E-state index < -0.39 is 0 Å². The van der Waals surface area contributed by atoms with E-state index in [4.69, 9.17) is 0 Å². The van der Waals surface area contributed by atoms with Crippen molar-refractivity contribution in [3.05, 3.63) is 35.4 Å². The fourth-order valence-electron chi connectivity index (χ4n) is 2.08. The molecule has 0 radical (unpaired) electrons. The topological polar surface area (TPSA) is 20.3 Å². The maximum Gasteiger partial charge on any atom is 0.177 e. The molecule has 100 valence electrons. The van der Waals surface area contributed by atoms with E-state index in [1.807, 2.05) is 50.0 Å². The van der Waals surface area contributed by atoms with Gasteiger partial charge in [-0.1, -0.05) is 31.2 Å². The SMILES string of the molecule is CCC(CSC)N(C)CC(=O)c1ccccc1C. The summed E-state index contributed by atoms with van der Waals surface area (Å²) in [5.41, 5.74) is 1.91. The Balaban J connectivity index is 2.67. The number of thioether (sulfide) groups is 1. The molecule has 0 spiro atoms. The summed E-state index contributed by atoms with van der Waals surface area (Å²) in [7, 11) is 2.04. The molecule has 0 N–H and O–H groups in total. The molecule has 2 nitrogen and oxygen atoms in total. The Morgan fingerprint density at radius 1 is 1.39 bits per heavy atom. The third-order valence-electron chi connectivity index (χ3n) is 3.29. The second-order valence-electron chi connectivity index (χ2n) is 4.67. The van der Waals surface area contributed by atoms with Crippen molar-refractivity contribution in [2.75, 3.05) is 25.6 Å². The highest BCUT2D eigenvalue weighted by atomic mass is 32.2. The van der Waals surface area contributed by atoms with Gasteiger partial charge < -0.3 is 0 Å². The Morgan fingerprint density at radius 3 is 2.61 bits per heavy atom. The number of carbonyl (C=O) groups is 1. The first-order valence-corrected chi connectivity index (χ1v) is 7.77. The van der Waals surface area contributed by atoms with Crippen LogP contribution < -0.4 is 0 Å². The Hall–Kier alpha value is -0.800. The minimum atomic E-state index is 0.218. The molecule has 0 aliphatic heterocycles. The average molecular weight is 265 g/mol. The lowest BCUT2D eigenvalue weighted by Gasteiger charge is -2.26. The summed E-state index contributed by atoms with van der Waals surface area (Å²) < 4.78 is 0. The van der Waals surface area contributed by atoms with E-state index in [-0.39, 0.29) is 5.78 Å². The number of rotatable bonds is 7. The molecule has 1 aromatic rings. The predicted molar refractivity (Wildman–Crippen MR) is 80.6 cm³/mol. The average Bonchev–Trinajstić information content (AvgIpc) is 2.36. The molecule has 1 rings (SSSR count). The van der Waals surface area contributed by atoms with E-state index >= 15 is 0 Å². The van der Waals surface area contributed by atoms with Gasteiger partial charge >= 0.3 is 0 Å². The lowest BCUT2D eigenvalue weighted by atomic mass is 10.0. The van der Waals surface area contributed by atoms with E-state index in [0.29, 0.717) is 12.6 Å². The van der Waals surface area contributed by atoms with E-state index in [9.17, 15) is 4.79 Å². The molecule has 0 aliphatic rings. The smallest absolute Gasteiger partial charge is 0.177 e. The number of likely N-dealkylation sites (N-methyl/N-ethyl adjacent to an activating group) is 1. The Morgan fingerprint density at radius 2 is 2.06 bits per heavy atom. The van der Waals surface area contributed by atoms with Gasteiger partial charge in [0.25, 0.3) is 0 Å². The van der Waals surface area contributed by atoms with Crippen molar-refractivity contribution < 1.29 is 4.79 Å². The van der Waals surface area contributed by atoms with Gasteiger partial charge in [-0.15, -0.1) is 0 Å². The summed E-state index contributed by atoms with van der Waals surface area (Å²) in [4.78, 5) is 14.4. The number of aryl methyl sites for hydroxylation is 1. The van der Waals surface area contributed by atoms with Crippen LogP contribution >= 0.6 is 11.8 Å². The second-order valence-corrected chi connectivity index (χ2v) is 5.58. The zero-order valence-electron chi connectivity index (χ0n) is 11.8. The molecule has 0 aromatic heterocycles. The summed E-state index contributed by atoms with van der Waals surface area (Å²) in [5.74, 6) is 1.30. The van der Waals surface area contributed by atoms with Gasteiger partial charge in [-0.05, 0) is 32.2 Å². The molecule has 0 saturated carbocycles. The highest BCUT2D eigenvalue weighted by Gasteiger charge is 2.17. The zero-order valence-corrected chi connectivity index (χ0v) is 12.6. The van der Waals surface area contributed by atoms with Crippen LogP contribution in [0.1, 0.15) is 29.3 Å². The first-order valence-electron chi connectivity index (χ1n) is 6.38. The molecule has 0 fully saturated rings. The van der Waals surface area contributed by atoms with Crippen molar-refractivity contribution in [3.8, 4) is 0 Å². The fourth-order valence-corrected chi connectivity index (χ4v) is 2.95. The van der Waals surface area contributed by atoms with Crippen LogP contribution in [0.15, 0.2) is 24.3 Å². The molecule has 0 saturated heterocycles. The summed E-state index contributed by atoms with van der Waals surface area (Å²) >= 11 is 1.84. The van der Waals surface area contributed by atoms with Crippen molar-refractivity contribution in [2.24, 2.45) is 0 Å². The van der Waals surface area contributed by atoms with Crippen LogP contribution in [0.2, 0.25) is 0 Å². The quantitative estimate of drug-likeness (QED) is 0.706. The monoisotopic (exact) mass is 265 g/mol. The largest absolute Gasteiger partial charge is 0.295 e. The normalized spacial score (nSPS) is 12.7. The first kappa shape index (κ1) is 15.3. The minimum Gasteiger partial charge on any atom is -0.295 e. The van der Waals surface area contributed by atoms with Gasteiger partial charge in [0.2, 0.25) is 0 Å². The zero-order chi connectivity index (χ0) is 13.5. The lowest BCUT2D eigenvalue weighted by Crippen LogP contribution is -2.37. The third-order valence-corrected chi connectivity index (χ3v) is 4.01. The highest BCUT2D eigenvalue weighted by molar-refractivity contribution is 7.98. The van der Waals surface area contributed by atoms with E-state index in [2.05, 4.69) is 18.1 Å². The maximum absolute atomic E-state index is 12.3. The van der Waals surface area contributed by atoms with Gasteiger partial charge in [-0.3, -0.25) is 9.69 Å². The third kappa shape index (κ3) is 4.14. The molecular weight excluding hydrogens is 242 g/mol. The van der Waals surface area contributed by atoms with E-state index in [1.165, 1.54) is 0 Å². The van der Waals surface area contributed by atoms with Crippen molar-refractivity contribution in [1.29, 1.82) is 0 Å². The molecule has 1 unspecified atom stereocenters. The predicted octanol–water partition coefficient (Wildman–Crippen LogP) is 3.25. The Kier molecular flexibility index (Phi) is 6.44. The number of carbonyl (C=O) groups excluding carboxylic acids is 1. The van der Waals surface area contributed by atoms with Crippen LogP contribution in [0.3, 0.4) is 0 Å². The van der Waals surface area contributed by atoms with Crippen molar-refractivity contribution in [2.45, 2.75) is 26.3 Å². The van der Waals surface area contributed by atoms with Crippen LogP contribution in [0.4, 0.5) is 0 Å². The number of ketones is 1. The van der Waals surface area contributed by atoms with E-state index in [1.54, 1.807) is 0 Å². The number of benzene rings is 1.